The zero-order chi connectivity index (χ0) is 26.2. The Bertz CT molecular complexity index is 1490. The molecule has 0 unspecified atom stereocenters. The lowest BCUT2D eigenvalue weighted by molar-refractivity contribution is -0.131. The average molecular weight is 510 g/mol. The highest BCUT2D eigenvalue weighted by Gasteiger charge is 2.36. The average Bonchev–Trinajstić information content (AvgIpc) is 3.61. The van der Waals surface area contributed by atoms with Gasteiger partial charge in [0.05, 0.1) is 30.8 Å². The maximum absolute atomic E-state index is 12.6. The molecular formula is C31H31N3O4. The van der Waals surface area contributed by atoms with Crippen molar-refractivity contribution in [1.82, 2.24) is 14.5 Å². The van der Waals surface area contributed by atoms with Crippen molar-refractivity contribution in [1.29, 1.82) is 0 Å². The summed E-state index contributed by atoms with van der Waals surface area (Å²) in [4.78, 5) is 31.9. The van der Waals surface area contributed by atoms with Gasteiger partial charge in [-0.1, -0.05) is 36.4 Å². The number of ether oxygens (including phenoxy) is 2. The monoisotopic (exact) mass is 509 g/mol. The zero-order valence-electron chi connectivity index (χ0n) is 21.7. The lowest BCUT2D eigenvalue weighted by atomic mass is 10.0. The van der Waals surface area contributed by atoms with Crippen molar-refractivity contribution in [3.05, 3.63) is 72.3 Å². The van der Waals surface area contributed by atoms with E-state index in [0.717, 1.165) is 78.2 Å². The lowest BCUT2D eigenvalue weighted by Gasteiger charge is -2.18. The Labute approximate surface area is 222 Å². The third kappa shape index (κ3) is 4.64. The highest BCUT2D eigenvalue weighted by atomic mass is 16.5. The van der Waals surface area contributed by atoms with E-state index < -0.39 is 0 Å². The molecule has 3 aromatic carbocycles. The molecular weight excluding hydrogens is 478 g/mol. The predicted octanol–water partition coefficient (Wildman–Crippen LogP) is 5.42. The third-order valence-electron chi connectivity index (χ3n) is 7.70. The Morgan fingerprint density at radius 1 is 0.895 bits per heavy atom. The number of imidazole rings is 1. The van der Waals surface area contributed by atoms with E-state index in [1.54, 1.807) is 13.2 Å². The molecule has 2 aliphatic rings. The first-order valence-electron chi connectivity index (χ1n) is 13.2. The fourth-order valence-electron chi connectivity index (χ4n) is 5.40. The SMILES string of the molecule is COC(=O)c1ccc2nc(-c3ccc(-c4ccc(OC)cc4)cc3)n(C[C@H]3CCN(C(=O)C4CC4)C3)c2c1. The molecule has 6 rings (SSSR count). The number of aromatic nitrogens is 2. The minimum absolute atomic E-state index is 0.241. The molecule has 38 heavy (non-hydrogen) atoms. The molecule has 2 fully saturated rings. The van der Waals surface area contributed by atoms with Gasteiger partial charge in [-0.25, -0.2) is 9.78 Å². The summed E-state index contributed by atoms with van der Waals surface area (Å²) in [6.45, 7) is 2.30. The topological polar surface area (TPSA) is 73.7 Å². The quantitative estimate of drug-likeness (QED) is 0.311. The lowest BCUT2D eigenvalue weighted by Crippen LogP contribution is -2.30. The van der Waals surface area contributed by atoms with E-state index in [2.05, 4.69) is 28.8 Å². The molecule has 0 radical (unpaired) electrons. The maximum atomic E-state index is 12.6. The molecule has 7 nitrogen and oxygen atoms in total. The smallest absolute Gasteiger partial charge is 0.337 e. The fraction of sp³-hybridized carbons (Fsp3) is 0.323. The van der Waals surface area contributed by atoms with Gasteiger partial charge in [0.1, 0.15) is 11.6 Å². The third-order valence-corrected chi connectivity index (χ3v) is 7.70. The Balaban J connectivity index is 1.34. The molecule has 1 aliphatic carbocycles. The number of carbonyl (C=O) groups excluding carboxylic acids is 2. The predicted molar refractivity (Wildman–Crippen MR) is 146 cm³/mol. The van der Waals surface area contributed by atoms with E-state index in [1.165, 1.54) is 7.11 Å². The Morgan fingerprint density at radius 3 is 2.24 bits per heavy atom. The van der Waals surface area contributed by atoms with Gasteiger partial charge in [0.25, 0.3) is 0 Å². The van der Waals surface area contributed by atoms with Gasteiger partial charge in [0, 0.05) is 31.1 Å². The Morgan fingerprint density at radius 2 is 1.58 bits per heavy atom. The number of hydrogen-bond acceptors (Lipinski definition) is 5. The first-order chi connectivity index (χ1) is 18.5. The van der Waals surface area contributed by atoms with Crippen LogP contribution in [0.15, 0.2) is 66.7 Å². The highest BCUT2D eigenvalue weighted by molar-refractivity contribution is 5.94. The van der Waals surface area contributed by atoms with Crippen LogP contribution in [0.2, 0.25) is 0 Å². The number of nitrogens with zero attached hydrogens (tertiary/aromatic N) is 3. The summed E-state index contributed by atoms with van der Waals surface area (Å²) < 4.78 is 12.5. The fourth-order valence-corrected chi connectivity index (χ4v) is 5.40. The number of likely N-dealkylation sites (tertiary alicyclic amines) is 1. The van der Waals surface area contributed by atoms with Crippen LogP contribution in [0.4, 0.5) is 0 Å². The highest BCUT2D eigenvalue weighted by Crippen LogP contribution is 2.34. The number of fused-ring (bicyclic) bond motifs is 1. The molecule has 1 atom stereocenters. The minimum atomic E-state index is -0.368. The van der Waals surface area contributed by atoms with Crippen molar-refractivity contribution in [3.63, 3.8) is 0 Å². The summed E-state index contributed by atoms with van der Waals surface area (Å²) in [5, 5.41) is 0. The van der Waals surface area contributed by atoms with Crippen molar-refractivity contribution < 1.29 is 19.1 Å². The van der Waals surface area contributed by atoms with Crippen LogP contribution in [0, 0.1) is 11.8 Å². The first kappa shape index (κ1) is 24.2. The van der Waals surface area contributed by atoms with E-state index in [0.29, 0.717) is 17.4 Å². The van der Waals surface area contributed by atoms with Crippen molar-refractivity contribution in [2.24, 2.45) is 11.8 Å². The zero-order valence-corrected chi connectivity index (χ0v) is 21.7. The molecule has 1 aliphatic heterocycles. The van der Waals surface area contributed by atoms with Crippen molar-refractivity contribution in [3.8, 4) is 28.3 Å². The molecule has 1 aromatic heterocycles. The number of rotatable bonds is 7. The molecule has 194 valence electrons. The summed E-state index contributed by atoms with van der Waals surface area (Å²) in [7, 11) is 3.06. The van der Waals surface area contributed by atoms with Crippen LogP contribution in [0.25, 0.3) is 33.5 Å². The summed E-state index contributed by atoms with van der Waals surface area (Å²) in [6, 6.07) is 21.9. The van der Waals surface area contributed by atoms with E-state index >= 15 is 0 Å². The van der Waals surface area contributed by atoms with Gasteiger partial charge in [-0.15, -0.1) is 0 Å². The molecule has 0 N–H and O–H groups in total. The molecule has 1 saturated carbocycles. The Hall–Kier alpha value is -4.13. The van der Waals surface area contributed by atoms with E-state index in [9.17, 15) is 9.59 Å². The second-order valence-corrected chi connectivity index (χ2v) is 10.3. The summed E-state index contributed by atoms with van der Waals surface area (Å²) in [5.74, 6) is 2.20. The number of benzene rings is 3. The van der Waals surface area contributed by atoms with E-state index in [4.69, 9.17) is 14.5 Å². The van der Waals surface area contributed by atoms with E-state index in [-0.39, 0.29) is 11.9 Å². The van der Waals surface area contributed by atoms with Crippen molar-refractivity contribution in [2.75, 3.05) is 27.3 Å². The van der Waals surface area contributed by atoms with Crippen molar-refractivity contribution >= 4 is 22.9 Å². The van der Waals surface area contributed by atoms with Gasteiger partial charge in [-0.2, -0.15) is 0 Å². The molecule has 0 bridgehead atoms. The van der Waals surface area contributed by atoms with Gasteiger partial charge >= 0.3 is 5.97 Å². The maximum Gasteiger partial charge on any atom is 0.337 e. The Kier molecular flexibility index (Phi) is 6.35. The van der Waals surface area contributed by atoms with E-state index in [1.807, 2.05) is 41.3 Å². The number of carbonyl (C=O) groups is 2. The van der Waals surface area contributed by atoms with Crippen LogP contribution in [-0.4, -0.2) is 53.6 Å². The molecule has 7 heteroatoms. The first-order valence-corrected chi connectivity index (χ1v) is 13.2. The van der Waals surface area contributed by atoms with Crippen LogP contribution in [0.5, 0.6) is 5.75 Å². The number of methoxy groups -OCH3 is 2. The largest absolute Gasteiger partial charge is 0.497 e. The van der Waals surface area contributed by atoms with Crippen LogP contribution in [0.1, 0.15) is 29.6 Å². The normalized spacial score (nSPS) is 17.1. The number of amides is 1. The molecule has 2 heterocycles. The van der Waals surface area contributed by atoms with Crippen LogP contribution in [0.3, 0.4) is 0 Å². The molecule has 1 amide bonds. The van der Waals surface area contributed by atoms with Crippen molar-refractivity contribution in [2.45, 2.75) is 25.8 Å². The van der Waals surface area contributed by atoms with Crippen LogP contribution in [-0.2, 0) is 16.1 Å². The standard InChI is InChI=1S/C31H31N3O4/c1-37-26-12-9-22(10-13-26)21-3-5-23(6-4-21)29-32-27-14-11-25(31(36)38-2)17-28(27)34(29)19-20-15-16-33(18-20)30(35)24-7-8-24/h3-6,9-14,17,20,24H,7-8,15-16,18-19H2,1-2H3/t20-/m0/s1. The van der Waals surface area contributed by atoms with Gasteiger partial charge < -0.3 is 18.9 Å². The van der Waals surface area contributed by atoms with Crippen LogP contribution < -0.4 is 4.74 Å². The second kappa shape index (κ2) is 9.97. The molecule has 1 saturated heterocycles. The number of hydrogen-bond donors (Lipinski definition) is 0. The summed E-state index contributed by atoms with van der Waals surface area (Å²) in [6.07, 6.45) is 3.02. The molecule has 4 aromatic rings. The number of esters is 1. The van der Waals surface area contributed by atoms with Gasteiger partial charge in [0.2, 0.25) is 5.91 Å². The summed E-state index contributed by atoms with van der Waals surface area (Å²) in [5.41, 5.74) is 5.45. The summed E-state index contributed by atoms with van der Waals surface area (Å²) >= 11 is 0. The molecule has 0 spiro atoms. The van der Waals surface area contributed by atoms with Gasteiger partial charge in [-0.3, -0.25) is 4.79 Å². The minimum Gasteiger partial charge on any atom is -0.497 e. The van der Waals surface area contributed by atoms with Crippen LogP contribution >= 0.6 is 0 Å². The van der Waals surface area contributed by atoms with Gasteiger partial charge in [-0.05, 0) is 66.6 Å². The second-order valence-electron chi connectivity index (χ2n) is 10.3. The van der Waals surface area contributed by atoms with Gasteiger partial charge in [0.15, 0.2) is 0 Å².